The molecule has 1 atom stereocenters. The molecule has 3 rings (SSSR count). The number of fused-ring (bicyclic) bond motifs is 1. The number of imidazole rings is 1. The fourth-order valence-corrected chi connectivity index (χ4v) is 3.17. The highest BCUT2D eigenvalue weighted by Gasteiger charge is 2.33. The van der Waals surface area contributed by atoms with E-state index in [0.717, 1.165) is 23.4 Å². The number of benzene rings is 1. The molecule has 2 heterocycles. The summed E-state index contributed by atoms with van der Waals surface area (Å²) in [4.78, 5) is 18.8. The summed E-state index contributed by atoms with van der Waals surface area (Å²) < 4.78 is 2.27. The van der Waals surface area contributed by atoms with E-state index in [4.69, 9.17) is 4.98 Å². The SMILES string of the molecule is C=CCN1C[C@H](c2nc3ccccc3n2C(C)C)CC1=O. The summed E-state index contributed by atoms with van der Waals surface area (Å²) in [5.41, 5.74) is 2.16. The molecule has 0 saturated carbocycles. The monoisotopic (exact) mass is 283 g/mol. The minimum absolute atomic E-state index is 0.173. The Bertz CT molecular complexity index is 686. The predicted octanol–water partition coefficient (Wildman–Crippen LogP) is 3.12. The normalized spacial score (nSPS) is 18.9. The van der Waals surface area contributed by atoms with Crippen LogP contribution in [0, 0.1) is 0 Å². The Kier molecular flexibility index (Phi) is 3.53. The van der Waals surface area contributed by atoms with Gasteiger partial charge in [0.2, 0.25) is 5.91 Å². The Labute approximate surface area is 125 Å². The Morgan fingerprint density at radius 3 is 2.90 bits per heavy atom. The Morgan fingerprint density at radius 2 is 2.19 bits per heavy atom. The first-order valence-electron chi connectivity index (χ1n) is 7.47. The van der Waals surface area contributed by atoms with Crippen LogP contribution in [0.2, 0.25) is 0 Å². The number of para-hydroxylation sites is 2. The van der Waals surface area contributed by atoms with Crippen molar-refractivity contribution < 1.29 is 4.79 Å². The van der Waals surface area contributed by atoms with Gasteiger partial charge in [0.05, 0.1) is 11.0 Å². The predicted molar refractivity (Wildman–Crippen MR) is 84.3 cm³/mol. The van der Waals surface area contributed by atoms with Crippen LogP contribution >= 0.6 is 0 Å². The van der Waals surface area contributed by atoms with Gasteiger partial charge in [-0.25, -0.2) is 4.98 Å². The molecule has 21 heavy (non-hydrogen) atoms. The largest absolute Gasteiger partial charge is 0.338 e. The average molecular weight is 283 g/mol. The van der Waals surface area contributed by atoms with Gasteiger partial charge in [0.1, 0.15) is 5.82 Å². The van der Waals surface area contributed by atoms with Crippen LogP contribution < -0.4 is 0 Å². The summed E-state index contributed by atoms with van der Waals surface area (Å²) >= 11 is 0. The molecule has 1 aromatic heterocycles. The Hall–Kier alpha value is -2.10. The molecule has 0 spiro atoms. The van der Waals surface area contributed by atoms with E-state index in [9.17, 15) is 4.79 Å². The highest BCUT2D eigenvalue weighted by atomic mass is 16.2. The topological polar surface area (TPSA) is 38.1 Å². The highest BCUT2D eigenvalue weighted by Crippen LogP contribution is 2.32. The zero-order chi connectivity index (χ0) is 15.0. The maximum atomic E-state index is 12.1. The van der Waals surface area contributed by atoms with Crippen molar-refractivity contribution in [3.63, 3.8) is 0 Å². The van der Waals surface area contributed by atoms with E-state index in [-0.39, 0.29) is 11.8 Å². The standard InChI is InChI=1S/C17H21N3O/c1-4-9-19-11-13(10-16(19)21)17-18-14-7-5-6-8-15(14)20(17)12(2)3/h4-8,12-13H,1,9-11H2,2-3H3/t13-/m1/s1. The van der Waals surface area contributed by atoms with E-state index in [1.165, 1.54) is 0 Å². The van der Waals surface area contributed by atoms with E-state index < -0.39 is 0 Å². The van der Waals surface area contributed by atoms with Crippen molar-refractivity contribution in [3.05, 3.63) is 42.7 Å². The van der Waals surface area contributed by atoms with Crippen LogP contribution in [-0.2, 0) is 4.79 Å². The number of carbonyl (C=O) groups is 1. The lowest BCUT2D eigenvalue weighted by molar-refractivity contribution is -0.127. The lowest BCUT2D eigenvalue weighted by atomic mass is 10.1. The summed E-state index contributed by atoms with van der Waals surface area (Å²) in [6, 6.07) is 8.51. The van der Waals surface area contributed by atoms with Crippen LogP contribution in [0.4, 0.5) is 0 Å². The molecule has 1 aliphatic rings. The zero-order valence-corrected chi connectivity index (χ0v) is 12.6. The lowest BCUT2D eigenvalue weighted by Crippen LogP contribution is -2.25. The third-order valence-corrected chi connectivity index (χ3v) is 4.07. The number of hydrogen-bond donors (Lipinski definition) is 0. The van der Waals surface area contributed by atoms with Gasteiger partial charge in [0.25, 0.3) is 0 Å². The molecule has 0 N–H and O–H groups in total. The van der Waals surface area contributed by atoms with E-state index in [2.05, 4.69) is 31.1 Å². The maximum Gasteiger partial charge on any atom is 0.223 e. The van der Waals surface area contributed by atoms with E-state index in [0.29, 0.717) is 19.0 Å². The first kappa shape index (κ1) is 13.9. The second kappa shape index (κ2) is 5.35. The minimum atomic E-state index is 0.173. The van der Waals surface area contributed by atoms with Gasteiger partial charge in [0.15, 0.2) is 0 Å². The molecule has 2 aromatic rings. The van der Waals surface area contributed by atoms with Crippen molar-refractivity contribution in [2.45, 2.75) is 32.2 Å². The van der Waals surface area contributed by atoms with Gasteiger partial charge >= 0.3 is 0 Å². The molecule has 4 heteroatoms. The van der Waals surface area contributed by atoms with E-state index >= 15 is 0 Å². The Balaban J connectivity index is 2.03. The highest BCUT2D eigenvalue weighted by molar-refractivity contribution is 5.81. The van der Waals surface area contributed by atoms with Gasteiger partial charge in [-0.15, -0.1) is 6.58 Å². The fraction of sp³-hybridized carbons (Fsp3) is 0.412. The molecule has 1 amide bonds. The van der Waals surface area contributed by atoms with E-state index in [1.54, 1.807) is 6.08 Å². The van der Waals surface area contributed by atoms with Crippen LogP contribution in [-0.4, -0.2) is 33.4 Å². The molecule has 1 aliphatic heterocycles. The maximum absolute atomic E-state index is 12.1. The van der Waals surface area contributed by atoms with Gasteiger partial charge < -0.3 is 9.47 Å². The van der Waals surface area contributed by atoms with Crippen LogP contribution in [0.15, 0.2) is 36.9 Å². The molecular weight excluding hydrogens is 262 g/mol. The molecule has 0 aliphatic carbocycles. The van der Waals surface area contributed by atoms with Gasteiger partial charge in [-0.1, -0.05) is 18.2 Å². The van der Waals surface area contributed by atoms with Crippen LogP contribution in [0.3, 0.4) is 0 Å². The second-order valence-corrected chi connectivity index (χ2v) is 5.91. The molecule has 1 aromatic carbocycles. The number of likely N-dealkylation sites (tertiary alicyclic amines) is 1. The Morgan fingerprint density at radius 1 is 1.43 bits per heavy atom. The average Bonchev–Trinajstić information content (AvgIpc) is 3.00. The molecule has 0 radical (unpaired) electrons. The number of carbonyl (C=O) groups excluding carboxylic acids is 1. The first-order chi connectivity index (χ1) is 10.1. The number of hydrogen-bond acceptors (Lipinski definition) is 2. The number of rotatable bonds is 4. The van der Waals surface area contributed by atoms with Gasteiger partial charge in [0, 0.05) is 31.5 Å². The summed E-state index contributed by atoms with van der Waals surface area (Å²) in [6.45, 7) is 9.41. The van der Waals surface area contributed by atoms with Crippen LogP contribution in [0.25, 0.3) is 11.0 Å². The van der Waals surface area contributed by atoms with Gasteiger partial charge in [-0.05, 0) is 26.0 Å². The first-order valence-corrected chi connectivity index (χ1v) is 7.47. The molecule has 1 saturated heterocycles. The summed E-state index contributed by atoms with van der Waals surface area (Å²) in [5.74, 6) is 1.40. The third kappa shape index (κ3) is 2.35. The van der Waals surface area contributed by atoms with Gasteiger partial charge in [-0.3, -0.25) is 4.79 Å². The third-order valence-electron chi connectivity index (χ3n) is 4.07. The summed E-state index contributed by atoms with van der Waals surface area (Å²) in [5, 5.41) is 0. The van der Waals surface area contributed by atoms with Crippen molar-refractivity contribution in [2.24, 2.45) is 0 Å². The number of nitrogens with zero attached hydrogens (tertiary/aromatic N) is 3. The van der Waals surface area contributed by atoms with Crippen LogP contribution in [0.1, 0.15) is 38.1 Å². The van der Waals surface area contributed by atoms with E-state index in [1.807, 2.05) is 23.1 Å². The van der Waals surface area contributed by atoms with Crippen LogP contribution in [0.5, 0.6) is 0 Å². The quantitative estimate of drug-likeness (QED) is 0.809. The van der Waals surface area contributed by atoms with Crippen molar-refractivity contribution in [2.75, 3.05) is 13.1 Å². The summed E-state index contributed by atoms with van der Waals surface area (Å²) in [7, 11) is 0. The summed E-state index contributed by atoms with van der Waals surface area (Å²) in [6.07, 6.45) is 2.33. The number of aromatic nitrogens is 2. The lowest BCUT2D eigenvalue weighted by Gasteiger charge is -2.17. The molecule has 4 nitrogen and oxygen atoms in total. The molecule has 0 unspecified atom stereocenters. The zero-order valence-electron chi connectivity index (χ0n) is 12.6. The fourth-order valence-electron chi connectivity index (χ4n) is 3.17. The van der Waals surface area contributed by atoms with Crippen molar-refractivity contribution >= 4 is 16.9 Å². The molecular formula is C17H21N3O. The van der Waals surface area contributed by atoms with Crippen molar-refractivity contribution in [3.8, 4) is 0 Å². The van der Waals surface area contributed by atoms with Crippen molar-refractivity contribution in [1.82, 2.24) is 14.5 Å². The van der Waals surface area contributed by atoms with Crippen molar-refractivity contribution in [1.29, 1.82) is 0 Å². The number of amides is 1. The van der Waals surface area contributed by atoms with Gasteiger partial charge in [-0.2, -0.15) is 0 Å². The molecule has 110 valence electrons. The molecule has 0 bridgehead atoms. The smallest absolute Gasteiger partial charge is 0.223 e. The second-order valence-electron chi connectivity index (χ2n) is 5.91. The molecule has 1 fully saturated rings. The minimum Gasteiger partial charge on any atom is -0.338 e.